The molecule has 1 aromatic heterocycles. The molecular weight excluding hydrogens is 466 g/mol. The number of benzene rings is 4. The summed E-state index contributed by atoms with van der Waals surface area (Å²) in [6.45, 7) is 0.246. The maximum Gasteiger partial charge on any atom is 0.231 e. The van der Waals surface area contributed by atoms with Crippen molar-refractivity contribution in [2.45, 2.75) is 0 Å². The van der Waals surface area contributed by atoms with Crippen molar-refractivity contribution in [2.24, 2.45) is 7.05 Å². The molecule has 0 saturated carbocycles. The number of methoxy groups -OCH3 is 3. The molecule has 2 heterocycles. The van der Waals surface area contributed by atoms with Crippen LogP contribution >= 0.6 is 0 Å². The van der Waals surface area contributed by atoms with Gasteiger partial charge in [0.25, 0.3) is 0 Å². The van der Waals surface area contributed by atoms with Crippen molar-refractivity contribution in [1.29, 1.82) is 0 Å². The van der Waals surface area contributed by atoms with Gasteiger partial charge in [0.05, 0.1) is 37.5 Å². The zero-order valence-electron chi connectivity index (χ0n) is 19.8. The van der Waals surface area contributed by atoms with Crippen LogP contribution in [0.25, 0.3) is 43.6 Å². The Morgan fingerprint density at radius 2 is 1.49 bits per heavy atom. The second-order valence-corrected chi connectivity index (χ2v) is 8.27. The highest BCUT2D eigenvalue weighted by atomic mass is 35.5. The van der Waals surface area contributed by atoms with Gasteiger partial charge in [-0.2, -0.15) is 4.57 Å². The molecule has 1 aliphatic rings. The van der Waals surface area contributed by atoms with Gasteiger partial charge in [0.1, 0.15) is 12.8 Å². The van der Waals surface area contributed by atoms with Crippen LogP contribution < -0.4 is 40.7 Å². The first-order valence-electron chi connectivity index (χ1n) is 11.0. The maximum atomic E-state index is 5.86. The third kappa shape index (κ3) is 3.36. The molecule has 5 aromatic rings. The Morgan fingerprint density at radius 3 is 2.20 bits per heavy atom. The van der Waals surface area contributed by atoms with E-state index in [0.29, 0.717) is 11.5 Å². The Hall–Kier alpha value is -3.90. The van der Waals surface area contributed by atoms with E-state index in [1.54, 1.807) is 21.3 Å². The number of fused-ring (bicyclic) bond motifs is 7. The molecule has 7 heteroatoms. The summed E-state index contributed by atoms with van der Waals surface area (Å²) in [5, 5.41) is 5.41. The van der Waals surface area contributed by atoms with Crippen LogP contribution in [0.3, 0.4) is 0 Å². The lowest BCUT2D eigenvalue weighted by molar-refractivity contribution is -0.642. The summed E-state index contributed by atoms with van der Waals surface area (Å²) in [7, 11) is 7.07. The first kappa shape index (κ1) is 22.9. The Morgan fingerprint density at radius 1 is 0.743 bits per heavy atom. The molecular formula is C28H24ClNO5. The van der Waals surface area contributed by atoms with Crippen LogP contribution in [-0.4, -0.2) is 28.1 Å². The van der Waals surface area contributed by atoms with Gasteiger partial charge < -0.3 is 36.1 Å². The number of pyridine rings is 1. The smallest absolute Gasteiger partial charge is 0.231 e. The minimum absolute atomic E-state index is 0. The zero-order chi connectivity index (χ0) is 23.4. The van der Waals surface area contributed by atoms with E-state index in [4.69, 9.17) is 23.7 Å². The Labute approximate surface area is 209 Å². The monoisotopic (exact) mass is 489 g/mol. The predicted octanol–water partition coefficient (Wildman–Crippen LogP) is 2.40. The number of aromatic nitrogens is 1. The number of rotatable bonds is 4. The van der Waals surface area contributed by atoms with Crippen molar-refractivity contribution in [1.82, 2.24) is 0 Å². The number of hydrogen-bond donors (Lipinski definition) is 0. The van der Waals surface area contributed by atoms with Gasteiger partial charge in [0.2, 0.25) is 12.3 Å². The number of ether oxygens (including phenoxy) is 5. The molecule has 0 atom stereocenters. The van der Waals surface area contributed by atoms with Crippen molar-refractivity contribution in [3.63, 3.8) is 0 Å². The van der Waals surface area contributed by atoms with Gasteiger partial charge in [-0.25, -0.2) is 0 Å². The summed E-state index contributed by atoms with van der Waals surface area (Å²) in [6.07, 6.45) is 2.11. The third-order valence-electron chi connectivity index (χ3n) is 6.56. The normalized spacial score (nSPS) is 12.1. The van der Waals surface area contributed by atoms with Gasteiger partial charge in [0.15, 0.2) is 29.2 Å². The van der Waals surface area contributed by atoms with Gasteiger partial charge in [-0.1, -0.05) is 18.2 Å². The predicted molar refractivity (Wildman–Crippen MR) is 131 cm³/mol. The number of hydrogen-bond acceptors (Lipinski definition) is 5. The molecule has 35 heavy (non-hydrogen) atoms. The second-order valence-electron chi connectivity index (χ2n) is 8.27. The molecule has 178 valence electrons. The molecule has 0 spiro atoms. The lowest BCUT2D eigenvalue weighted by Gasteiger charge is -2.17. The highest BCUT2D eigenvalue weighted by Gasteiger charge is 2.25. The molecule has 1 aliphatic heterocycles. The molecule has 0 radical (unpaired) electrons. The van der Waals surface area contributed by atoms with Gasteiger partial charge in [-0.15, -0.1) is 0 Å². The van der Waals surface area contributed by atoms with E-state index >= 15 is 0 Å². The molecule has 0 unspecified atom stereocenters. The molecule has 4 aromatic carbocycles. The molecule has 0 fully saturated rings. The number of halogens is 1. The van der Waals surface area contributed by atoms with Crippen LogP contribution in [0.5, 0.6) is 28.7 Å². The molecule has 6 nitrogen and oxygen atoms in total. The summed E-state index contributed by atoms with van der Waals surface area (Å²) in [4.78, 5) is 0. The van der Waals surface area contributed by atoms with E-state index in [2.05, 4.69) is 42.1 Å². The van der Waals surface area contributed by atoms with E-state index in [1.165, 1.54) is 0 Å². The first-order chi connectivity index (χ1) is 16.6. The molecule has 0 saturated heterocycles. The maximum absolute atomic E-state index is 5.86. The number of aryl methyl sites for hydroxylation is 1. The van der Waals surface area contributed by atoms with Crippen LogP contribution in [-0.2, 0) is 7.05 Å². The Kier molecular flexibility index (Phi) is 5.69. The average molecular weight is 490 g/mol. The van der Waals surface area contributed by atoms with E-state index in [9.17, 15) is 0 Å². The minimum atomic E-state index is 0. The fourth-order valence-corrected chi connectivity index (χ4v) is 5.03. The molecule has 6 rings (SSSR count). The van der Waals surface area contributed by atoms with E-state index in [1.807, 2.05) is 30.3 Å². The summed E-state index contributed by atoms with van der Waals surface area (Å²) < 4.78 is 30.5. The summed E-state index contributed by atoms with van der Waals surface area (Å²) in [5.41, 5.74) is 3.10. The van der Waals surface area contributed by atoms with Crippen LogP contribution in [0.4, 0.5) is 0 Å². The standard InChI is InChI=1S/C28H24NO5.ClH/c1-29-14-22-18(11-12-23-27(22)34-15-33-23)20-10-9-19-21(26(20)29)13-24(31-3)28(32-4)25(19)16-5-7-17(30-2)8-6-16;/h5-14H,15H2,1-4H3;1H/q+1;/p-1. The van der Waals surface area contributed by atoms with Crippen LogP contribution in [0.15, 0.2) is 60.8 Å². The van der Waals surface area contributed by atoms with Crippen molar-refractivity contribution >= 4 is 32.4 Å². The van der Waals surface area contributed by atoms with Crippen molar-refractivity contribution in [3.8, 4) is 39.9 Å². The van der Waals surface area contributed by atoms with Crippen molar-refractivity contribution in [3.05, 3.63) is 60.8 Å². The summed E-state index contributed by atoms with van der Waals surface area (Å²) in [5.74, 6) is 3.75. The minimum Gasteiger partial charge on any atom is -1.00 e. The zero-order valence-corrected chi connectivity index (χ0v) is 20.6. The Balaban J connectivity index is 0.00000253. The molecule has 0 aliphatic carbocycles. The quantitative estimate of drug-likeness (QED) is 0.287. The van der Waals surface area contributed by atoms with Crippen molar-refractivity contribution in [2.75, 3.05) is 28.1 Å². The fraction of sp³-hybridized carbons (Fsp3) is 0.179. The van der Waals surface area contributed by atoms with Crippen LogP contribution in [0.1, 0.15) is 0 Å². The molecule has 0 N–H and O–H groups in total. The SMILES string of the molecule is COc1ccc(-c2c(OC)c(OC)cc3c2ccc2c4ccc5c(c4c[n+](C)c32)OCO5)cc1.[Cl-]. The van der Waals surface area contributed by atoms with Gasteiger partial charge in [0, 0.05) is 16.3 Å². The lowest BCUT2D eigenvalue weighted by atomic mass is 9.93. The second kappa shape index (κ2) is 8.71. The van der Waals surface area contributed by atoms with Crippen molar-refractivity contribution < 1.29 is 40.7 Å². The first-order valence-corrected chi connectivity index (χ1v) is 11.0. The topological polar surface area (TPSA) is 50.0 Å². The van der Waals surface area contributed by atoms with E-state index in [-0.39, 0.29) is 19.2 Å². The summed E-state index contributed by atoms with van der Waals surface area (Å²) in [6, 6.07) is 18.5. The molecule has 0 amide bonds. The van der Waals surface area contributed by atoms with Gasteiger partial charge in [-0.3, -0.25) is 0 Å². The van der Waals surface area contributed by atoms with Crippen LogP contribution in [0, 0.1) is 0 Å². The number of nitrogens with zero attached hydrogens (tertiary/aromatic N) is 1. The highest BCUT2D eigenvalue weighted by molar-refractivity contribution is 6.18. The fourth-order valence-electron chi connectivity index (χ4n) is 5.03. The van der Waals surface area contributed by atoms with Crippen LogP contribution in [0.2, 0.25) is 0 Å². The average Bonchev–Trinajstić information content (AvgIpc) is 3.36. The Bertz CT molecular complexity index is 1600. The molecule has 0 bridgehead atoms. The van der Waals surface area contributed by atoms with Gasteiger partial charge in [-0.05, 0) is 42.0 Å². The summed E-state index contributed by atoms with van der Waals surface area (Å²) >= 11 is 0. The highest BCUT2D eigenvalue weighted by Crippen LogP contribution is 2.47. The lowest BCUT2D eigenvalue weighted by Crippen LogP contribution is -3.00. The van der Waals surface area contributed by atoms with E-state index in [0.717, 1.165) is 60.8 Å². The third-order valence-corrected chi connectivity index (χ3v) is 6.56. The van der Waals surface area contributed by atoms with E-state index < -0.39 is 0 Å². The van der Waals surface area contributed by atoms with Gasteiger partial charge >= 0.3 is 0 Å². The largest absolute Gasteiger partial charge is 1.00 e.